The maximum absolute atomic E-state index is 12.7. The number of hydrogen-bond acceptors (Lipinski definition) is 7. The van der Waals surface area contributed by atoms with Crippen LogP contribution in [0.2, 0.25) is 0 Å². The van der Waals surface area contributed by atoms with E-state index in [0.717, 1.165) is 30.6 Å². The minimum absolute atomic E-state index is 0.0651. The van der Waals surface area contributed by atoms with Gasteiger partial charge in [0.05, 0.1) is 12.6 Å². The summed E-state index contributed by atoms with van der Waals surface area (Å²) in [5.41, 5.74) is 6.84. The molecule has 7 nitrogen and oxygen atoms in total. The monoisotopic (exact) mass is 319 g/mol. The van der Waals surface area contributed by atoms with Gasteiger partial charge in [-0.15, -0.1) is 11.3 Å². The first-order chi connectivity index (χ1) is 9.52. The summed E-state index contributed by atoms with van der Waals surface area (Å²) in [7, 11) is -2.56. The van der Waals surface area contributed by atoms with Crippen LogP contribution in [-0.2, 0) is 14.8 Å². The lowest BCUT2D eigenvalue weighted by atomic mass is 10.1. The molecule has 2 N–H and O–H groups in total. The van der Waals surface area contributed by atoms with E-state index in [9.17, 15) is 13.2 Å². The molecule has 0 aromatic carbocycles. The lowest BCUT2D eigenvalue weighted by molar-refractivity contribution is 0.0590. The average molecular weight is 319 g/mol. The predicted octanol–water partition coefficient (Wildman–Crippen LogP) is 0.432. The number of thiazole rings is 1. The molecule has 0 radical (unpaired) electrons. The van der Waals surface area contributed by atoms with Crippen molar-refractivity contribution in [1.82, 2.24) is 9.29 Å². The fourth-order valence-electron chi connectivity index (χ4n) is 2.28. The molecule has 0 bridgehead atoms. The molecule has 1 saturated heterocycles. The number of ether oxygens (including phenoxy) is 1. The van der Waals surface area contributed by atoms with Crippen LogP contribution in [0.3, 0.4) is 0 Å². The first-order valence-electron chi connectivity index (χ1n) is 6.26. The Morgan fingerprint density at radius 2 is 2.35 bits per heavy atom. The van der Waals surface area contributed by atoms with Gasteiger partial charge in [-0.1, -0.05) is 6.42 Å². The molecular weight excluding hydrogens is 302 g/mol. The Labute approximate surface area is 121 Å². The standard InChI is InChI=1S/C11H17N3O4S2/c1-18-10(15)9-11(19-7-13-9)20(16,17)14-5-3-2-4-8(14)6-12/h7-8H,2-6,12H2,1H3. The molecule has 112 valence electrons. The van der Waals surface area contributed by atoms with E-state index in [1.54, 1.807) is 0 Å². The van der Waals surface area contributed by atoms with E-state index in [1.807, 2.05) is 0 Å². The molecule has 2 heterocycles. The van der Waals surface area contributed by atoms with Crippen molar-refractivity contribution < 1.29 is 17.9 Å². The molecular formula is C11H17N3O4S2. The van der Waals surface area contributed by atoms with Crippen molar-refractivity contribution in [3.05, 3.63) is 11.2 Å². The van der Waals surface area contributed by atoms with Crippen molar-refractivity contribution in [3.8, 4) is 0 Å². The summed E-state index contributed by atoms with van der Waals surface area (Å²) in [6, 6.07) is -0.221. The maximum atomic E-state index is 12.7. The number of hydrogen-bond donors (Lipinski definition) is 1. The van der Waals surface area contributed by atoms with Crippen LogP contribution in [0.5, 0.6) is 0 Å². The van der Waals surface area contributed by atoms with Crippen molar-refractivity contribution in [2.24, 2.45) is 5.73 Å². The second-order valence-corrected chi connectivity index (χ2v) is 7.42. The van der Waals surface area contributed by atoms with E-state index in [4.69, 9.17) is 5.73 Å². The molecule has 1 atom stereocenters. The Kier molecular flexibility index (Phi) is 4.74. The summed E-state index contributed by atoms with van der Waals surface area (Å²) in [4.78, 5) is 15.4. The van der Waals surface area contributed by atoms with E-state index < -0.39 is 16.0 Å². The summed E-state index contributed by atoms with van der Waals surface area (Å²) in [5.74, 6) is -0.744. The quantitative estimate of drug-likeness (QED) is 0.807. The largest absolute Gasteiger partial charge is 0.464 e. The number of nitrogens with two attached hydrogens (primary N) is 1. The van der Waals surface area contributed by atoms with Crippen LogP contribution in [0.1, 0.15) is 29.8 Å². The summed E-state index contributed by atoms with van der Waals surface area (Å²) >= 11 is 0.924. The SMILES string of the molecule is COC(=O)c1ncsc1S(=O)(=O)N1CCCCC1CN. The van der Waals surface area contributed by atoms with Crippen molar-refractivity contribution in [2.45, 2.75) is 29.5 Å². The van der Waals surface area contributed by atoms with Crippen molar-refractivity contribution in [1.29, 1.82) is 0 Å². The van der Waals surface area contributed by atoms with Gasteiger partial charge in [0.15, 0.2) is 9.90 Å². The Morgan fingerprint density at radius 3 is 3.00 bits per heavy atom. The third-order valence-electron chi connectivity index (χ3n) is 3.30. The summed E-state index contributed by atoms with van der Waals surface area (Å²) in [6.07, 6.45) is 2.49. The van der Waals surface area contributed by atoms with Gasteiger partial charge >= 0.3 is 5.97 Å². The highest BCUT2D eigenvalue weighted by atomic mass is 32.2. The maximum Gasteiger partial charge on any atom is 0.358 e. The molecule has 1 aromatic rings. The number of methoxy groups -OCH3 is 1. The number of nitrogens with zero attached hydrogens (tertiary/aromatic N) is 2. The number of carbonyl (C=O) groups is 1. The van der Waals surface area contributed by atoms with E-state index in [0.29, 0.717) is 6.54 Å². The van der Waals surface area contributed by atoms with Gasteiger partial charge in [0.25, 0.3) is 10.0 Å². The smallest absolute Gasteiger partial charge is 0.358 e. The first kappa shape index (κ1) is 15.4. The van der Waals surface area contributed by atoms with Gasteiger partial charge in [-0.3, -0.25) is 0 Å². The van der Waals surface area contributed by atoms with Gasteiger partial charge < -0.3 is 10.5 Å². The zero-order valence-corrected chi connectivity index (χ0v) is 12.7. The van der Waals surface area contributed by atoms with Crippen molar-refractivity contribution >= 4 is 27.3 Å². The molecule has 0 spiro atoms. The molecule has 2 rings (SSSR count). The lowest BCUT2D eigenvalue weighted by Crippen LogP contribution is -2.47. The number of aromatic nitrogens is 1. The van der Waals surface area contributed by atoms with Crippen LogP contribution in [0.15, 0.2) is 9.72 Å². The molecule has 0 amide bonds. The van der Waals surface area contributed by atoms with Gasteiger partial charge in [0, 0.05) is 19.1 Å². The molecule has 9 heteroatoms. The van der Waals surface area contributed by atoms with Crippen LogP contribution in [0.4, 0.5) is 0 Å². The van der Waals surface area contributed by atoms with E-state index >= 15 is 0 Å². The summed E-state index contributed by atoms with van der Waals surface area (Å²) in [5, 5.41) is 0. The highest BCUT2D eigenvalue weighted by molar-refractivity contribution is 7.91. The van der Waals surface area contributed by atoms with Gasteiger partial charge in [-0.25, -0.2) is 18.2 Å². The first-order valence-corrected chi connectivity index (χ1v) is 8.58. The number of piperidine rings is 1. The second kappa shape index (κ2) is 6.17. The molecule has 1 unspecified atom stereocenters. The van der Waals surface area contributed by atoms with E-state index in [2.05, 4.69) is 9.72 Å². The molecule has 0 saturated carbocycles. The lowest BCUT2D eigenvalue weighted by Gasteiger charge is -2.33. The van der Waals surface area contributed by atoms with Crippen LogP contribution < -0.4 is 5.73 Å². The van der Waals surface area contributed by atoms with Crippen LogP contribution in [0, 0.1) is 0 Å². The highest BCUT2D eigenvalue weighted by Crippen LogP contribution is 2.29. The molecule has 0 aliphatic carbocycles. The summed E-state index contributed by atoms with van der Waals surface area (Å²) < 4.78 is 31.3. The van der Waals surface area contributed by atoms with E-state index in [1.165, 1.54) is 16.9 Å². The van der Waals surface area contributed by atoms with Crippen LogP contribution in [-0.4, -0.2) is 49.9 Å². The Balaban J connectivity index is 2.39. The van der Waals surface area contributed by atoms with Crippen LogP contribution >= 0.6 is 11.3 Å². The van der Waals surface area contributed by atoms with Gasteiger partial charge in [-0.2, -0.15) is 4.31 Å². The molecule has 20 heavy (non-hydrogen) atoms. The normalized spacial score (nSPS) is 20.8. The predicted molar refractivity (Wildman–Crippen MR) is 74.0 cm³/mol. The van der Waals surface area contributed by atoms with Gasteiger partial charge in [-0.05, 0) is 12.8 Å². The number of sulfonamides is 1. The number of esters is 1. The molecule has 1 aliphatic rings. The zero-order chi connectivity index (χ0) is 14.8. The Hall–Kier alpha value is -1.03. The molecule has 1 fully saturated rings. The summed E-state index contributed by atoms with van der Waals surface area (Å²) in [6.45, 7) is 0.689. The minimum atomic E-state index is -3.76. The number of carbonyl (C=O) groups excluding carboxylic acids is 1. The molecule has 1 aliphatic heterocycles. The third-order valence-corrected chi connectivity index (χ3v) is 6.60. The minimum Gasteiger partial charge on any atom is -0.464 e. The van der Waals surface area contributed by atoms with Crippen LogP contribution in [0.25, 0.3) is 0 Å². The van der Waals surface area contributed by atoms with Gasteiger partial charge in [0.1, 0.15) is 0 Å². The topological polar surface area (TPSA) is 103 Å². The fourth-order valence-corrected chi connectivity index (χ4v) is 5.23. The zero-order valence-electron chi connectivity index (χ0n) is 11.1. The Morgan fingerprint density at radius 1 is 1.60 bits per heavy atom. The average Bonchev–Trinajstić information content (AvgIpc) is 2.96. The molecule has 1 aromatic heterocycles. The van der Waals surface area contributed by atoms with E-state index in [-0.39, 0.29) is 22.5 Å². The number of rotatable bonds is 4. The Bertz CT molecular complexity index is 584. The highest BCUT2D eigenvalue weighted by Gasteiger charge is 2.37. The van der Waals surface area contributed by atoms with Crippen molar-refractivity contribution in [2.75, 3.05) is 20.2 Å². The van der Waals surface area contributed by atoms with Gasteiger partial charge in [0.2, 0.25) is 0 Å². The third kappa shape index (κ3) is 2.71. The second-order valence-electron chi connectivity index (χ2n) is 4.48. The fraction of sp³-hybridized carbons (Fsp3) is 0.636. The van der Waals surface area contributed by atoms with Crippen molar-refractivity contribution in [3.63, 3.8) is 0 Å².